The Hall–Kier alpha value is -4.60. The molecule has 0 aliphatic carbocycles. The summed E-state index contributed by atoms with van der Waals surface area (Å²) in [6, 6.07) is 15.5. The molecule has 2 aromatic heterocycles. The molecule has 0 unspecified atom stereocenters. The Morgan fingerprint density at radius 1 is 1.03 bits per heavy atom. The van der Waals surface area contributed by atoms with E-state index in [4.69, 9.17) is 10.2 Å². The normalized spacial score (nSPS) is 10.8. The molecule has 0 aliphatic rings. The van der Waals surface area contributed by atoms with E-state index in [1.807, 2.05) is 0 Å². The van der Waals surface area contributed by atoms with Crippen molar-refractivity contribution in [3.63, 3.8) is 0 Å². The SMILES string of the molecule is CC(=O)c1cccc(Cn2nc(C(N)=O)c(-c3nc(C(=O)O)c(-c4ccccc4)o3)n2)c1. The van der Waals surface area contributed by atoms with Gasteiger partial charge < -0.3 is 15.3 Å². The first kappa shape index (κ1) is 20.7. The smallest absolute Gasteiger partial charge is 0.358 e. The van der Waals surface area contributed by atoms with Gasteiger partial charge in [-0.25, -0.2) is 4.79 Å². The van der Waals surface area contributed by atoms with Crippen molar-refractivity contribution in [3.05, 3.63) is 77.1 Å². The highest BCUT2D eigenvalue weighted by atomic mass is 16.4. The maximum Gasteiger partial charge on any atom is 0.358 e. The van der Waals surface area contributed by atoms with Gasteiger partial charge in [0.25, 0.3) is 11.8 Å². The highest BCUT2D eigenvalue weighted by molar-refractivity contribution is 5.97. The lowest BCUT2D eigenvalue weighted by Crippen LogP contribution is -2.14. The van der Waals surface area contributed by atoms with E-state index < -0.39 is 11.9 Å². The first-order chi connectivity index (χ1) is 15.3. The van der Waals surface area contributed by atoms with Crippen LogP contribution in [0.15, 0.2) is 59.0 Å². The molecule has 2 aromatic carbocycles. The van der Waals surface area contributed by atoms with E-state index in [9.17, 15) is 19.5 Å². The third-order valence-electron chi connectivity index (χ3n) is 4.61. The Bertz CT molecular complexity index is 1340. The van der Waals surface area contributed by atoms with Crippen molar-refractivity contribution >= 4 is 17.7 Å². The Labute approximate surface area is 181 Å². The van der Waals surface area contributed by atoms with Crippen LogP contribution in [0.5, 0.6) is 0 Å². The van der Waals surface area contributed by atoms with Gasteiger partial charge >= 0.3 is 5.97 Å². The molecule has 10 nitrogen and oxygen atoms in total. The number of benzene rings is 2. The molecule has 0 aliphatic heterocycles. The largest absolute Gasteiger partial charge is 0.476 e. The fraction of sp³-hybridized carbons (Fsp3) is 0.0909. The summed E-state index contributed by atoms with van der Waals surface area (Å²) in [5.41, 5.74) is 6.57. The van der Waals surface area contributed by atoms with E-state index in [2.05, 4.69) is 15.2 Å². The Morgan fingerprint density at radius 2 is 1.78 bits per heavy atom. The zero-order valence-corrected chi connectivity index (χ0v) is 16.8. The van der Waals surface area contributed by atoms with Gasteiger partial charge in [0.2, 0.25) is 0 Å². The number of aromatic carboxylic acids is 1. The van der Waals surface area contributed by atoms with Gasteiger partial charge in [0.15, 0.2) is 28.6 Å². The predicted molar refractivity (Wildman–Crippen MR) is 112 cm³/mol. The van der Waals surface area contributed by atoms with Crippen LogP contribution in [-0.2, 0) is 6.54 Å². The molecule has 32 heavy (non-hydrogen) atoms. The summed E-state index contributed by atoms with van der Waals surface area (Å²) < 4.78 is 5.69. The van der Waals surface area contributed by atoms with Gasteiger partial charge in [0.05, 0.1) is 6.54 Å². The molecule has 0 spiro atoms. The van der Waals surface area contributed by atoms with Crippen LogP contribution in [0.4, 0.5) is 0 Å². The number of aromatic nitrogens is 4. The summed E-state index contributed by atoms with van der Waals surface area (Å²) in [5.74, 6) is -2.44. The van der Waals surface area contributed by atoms with Crippen molar-refractivity contribution in [2.75, 3.05) is 0 Å². The summed E-state index contributed by atoms with van der Waals surface area (Å²) in [6.45, 7) is 1.60. The molecule has 1 amide bonds. The molecule has 0 atom stereocenters. The minimum Gasteiger partial charge on any atom is -0.476 e. The first-order valence-electron chi connectivity index (χ1n) is 9.48. The molecule has 0 saturated carbocycles. The molecular formula is C22H17N5O5. The quantitative estimate of drug-likeness (QED) is 0.423. The van der Waals surface area contributed by atoms with E-state index in [1.54, 1.807) is 54.6 Å². The number of carboxylic acids is 1. The molecule has 0 radical (unpaired) electrons. The minimum atomic E-state index is -1.30. The topological polar surface area (TPSA) is 154 Å². The monoisotopic (exact) mass is 431 g/mol. The number of nitrogens with two attached hydrogens (primary N) is 1. The number of ketones is 1. The lowest BCUT2D eigenvalue weighted by atomic mass is 10.1. The number of oxazole rings is 1. The second-order valence-corrected chi connectivity index (χ2v) is 6.92. The molecule has 3 N–H and O–H groups in total. The van der Waals surface area contributed by atoms with Gasteiger partial charge in [-0.3, -0.25) is 9.59 Å². The summed E-state index contributed by atoms with van der Waals surface area (Å²) in [5, 5.41) is 17.9. The molecule has 160 valence electrons. The van der Waals surface area contributed by atoms with Crippen LogP contribution < -0.4 is 5.73 Å². The van der Waals surface area contributed by atoms with Crippen molar-refractivity contribution in [1.82, 2.24) is 20.0 Å². The van der Waals surface area contributed by atoms with Crippen LogP contribution in [-0.4, -0.2) is 42.7 Å². The van der Waals surface area contributed by atoms with Gasteiger partial charge in [-0.1, -0.05) is 48.5 Å². The van der Waals surface area contributed by atoms with Crippen LogP contribution in [0.25, 0.3) is 22.9 Å². The fourth-order valence-corrected chi connectivity index (χ4v) is 3.13. The number of hydrogen-bond acceptors (Lipinski definition) is 7. The fourth-order valence-electron chi connectivity index (χ4n) is 3.13. The average Bonchev–Trinajstić information content (AvgIpc) is 3.39. The highest BCUT2D eigenvalue weighted by Crippen LogP contribution is 2.30. The average molecular weight is 431 g/mol. The van der Waals surface area contributed by atoms with Crippen molar-refractivity contribution < 1.29 is 23.9 Å². The van der Waals surface area contributed by atoms with E-state index >= 15 is 0 Å². The van der Waals surface area contributed by atoms with Crippen molar-refractivity contribution in [3.8, 4) is 22.9 Å². The highest BCUT2D eigenvalue weighted by Gasteiger charge is 2.27. The zero-order chi connectivity index (χ0) is 22.8. The van der Waals surface area contributed by atoms with E-state index in [0.717, 1.165) is 5.56 Å². The molecule has 0 saturated heterocycles. The third kappa shape index (κ3) is 4.01. The van der Waals surface area contributed by atoms with E-state index in [-0.39, 0.29) is 41.1 Å². The standard InChI is InChI=1S/C22H17N5O5/c1-12(28)15-9-5-6-13(10-15)11-27-25-16(20(23)29)17(26-27)21-24-18(22(30)31)19(32-21)14-7-3-2-4-8-14/h2-10H,11H2,1H3,(H2,23,29)(H,30,31). The number of Topliss-reactive ketones (excluding diaryl/α,β-unsaturated/α-hetero) is 1. The second-order valence-electron chi connectivity index (χ2n) is 6.92. The van der Waals surface area contributed by atoms with Gasteiger partial charge in [-0.15, -0.1) is 10.2 Å². The van der Waals surface area contributed by atoms with Crippen LogP contribution in [0.3, 0.4) is 0 Å². The summed E-state index contributed by atoms with van der Waals surface area (Å²) in [4.78, 5) is 40.5. The number of carbonyl (C=O) groups excluding carboxylic acids is 2. The first-order valence-corrected chi connectivity index (χ1v) is 9.48. The molecule has 0 bridgehead atoms. The maximum absolute atomic E-state index is 12.0. The van der Waals surface area contributed by atoms with E-state index in [0.29, 0.717) is 11.1 Å². The number of rotatable bonds is 7. The number of nitrogens with zero attached hydrogens (tertiary/aromatic N) is 4. The van der Waals surface area contributed by atoms with Gasteiger partial charge in [-0.2, -0.15) is 9.78 Å². The number of carbonyl (C=O) groups is 3. The predicted octanol–water partition coefficient (Wildman–Crippen LogP) is 2.65. The number of amides is 1. The summed E-state index contributed by atoms with van der Waals surface area (Å²) in [6.07, 6.45) is 0. The van der Waals surface area contributed by atoms with Crippen LogP contribution in [0, 0.1) is 0 Å². The molecule has 0 fully saturated rings. The van der Waals surface area contributed by atoms with Crippen molar-refractivity contribution in [2.24, 2.45) is 5.73 Å². The summed E-state index contributed by atoms with van der Waals surface area (Å²) >= 11 is 0. The molecule has 4 rings (SSSR count). The maximum atomic E-state index is 12.0. The lowest BCUT2D eigenvalue weighted by molar-refractivity contribution is 0.0691. The second kappa shape index (κ2) is 8.26. The van der Waals surface area contributed by atoms with Crippen LogP contribution in [0.2, 0.25) is 0 Å². The zero-order valence-electron chi connectivity index (χ0n) is 16.8. The third-order valence-corrected chi connectivity index (χ3v) is 4.61. The number of primary amides is 1. The Kier molecular flexibility index (Phi) is 5.34. The van der Waals surface area contributed by atoms with Crippen molar-refractivity contribution in [2.45, 2.75) is 13.5 Å². The number of carboxylic acid groups (broad SMARTS) is 1. The Morgan fingerprint density at radius 3 is 2.44 bits per heavy atom. The Balaban J connectivity index is 1.77. The molecule has 10 heteroatoms. The number of hydrogen-bond donors (Lipinski definition) is 2. The van der Waals surface area contributed by atoms with Crippen molar-refractivity contribution in [1.29, 1.82) is 0 Å². The molecular weight excluding hydrogens is 414 g/mol. The summed E-state index contributed by atoms with van der Waals surface area (Å²) in [7, 11) is 0. The van der Waals surface area contributed by atoms with Crippen LogP contribution >= 0.6 is 0 Å². The van der Waals surface area contributed by atoms with Gasteiger partial charge in [-0.05, 0) is 18.6 Å². The lowest BCUT2D eigenvalue weighted by Gasteiger charge is -2.02. The molecule has 4 aromatic rings. The minimum absolute atomic E-state index is 0.0206. The van der Waals surface area contributed by atoms with Crippen LogP contribution in [0.1, 0.15) is 43.8 Å². The molecule has 2 heterocycles. The van der Waals surface area contributed by atoms with Gasteiger partial charge in [0, 0.05) is 11.1 Å². The van der Waals surface area contributed by atoms with E-state index in [1.165, 1.54) is 11.7 Å². The van der Waals surface area contributed by atoms with Gasteiger partial charge in [0.1, 0.15) is 0 Å².